The van der Waals surface area contributed by atoms with Crippen molar-refractivity contribution in [3.63, 3.8) is 0 Å². The molecule has 0 aliphatic carbocycles. The molecule has 1 unspecified atom stereocenters. The lowest BCUT2D eigenvalue weighted by Crippen LogP contribution is -2.28. The molecule has 8 nitrogen and oxygen atoms in total. The van der Waals surface area contributed by atoms with Gasteiger partial charge in [0.2, 0.25) is 0 Å². The van der Waals surface area contributed by atoms with Gasteiger partial charge in [-0.15, -0.1) is 10.2 Å². The predicted molar refractivity (Wildman–Crippen MR) is 166 cm³/mol. The van der Waals surface area contributed by atoms with Gasteiger partial charge in [-0.05, 0) is 61.2 Å². The van der Waals surface area contributed by atoms with Crippen molar-refractivity contribution in [1.29, 1.82) is 0 Å². The highest BCUT2D eigenvalue weighted by atomic mass is 19.1. The Morgan fingerprint density at radius 2 is 1.55 bits per heavy atom. The fourth-order valence-electron chi connectivity index (χ4n) is 4.93. The fraction of sp³-hybridized carbons (Fsp3) is 0.286. The van der Waals surface area contributed by atoms with Crippen molar-refractivity contribution >= 4 is 0 Å². The van der Waals surface area contributed by atoms with E-state index in [1.54, 1.807) is 12.1 Å². The molecule has 228 valence electrons. The predicted octanol–water partition coefficient (Wildman–Crippen LogP) is 7.01. The van der Waals surface area contributed by atoms with Crippen molar-refractivity contribution in [3.05, 3.63) is 119 Å². The van der Waals surface area contributed by atoms with Crippen LogP contribution < -0.4 is 14.2 Å². The monoisotopic (exact) mass is 596 g/mol. The maximum Gasteiger partial charge on any atom is 0.183 e. The average Bonchev–Trinajstić information content (AvgIpc) is 3.61. The number of aliphatic hydroxyl groups excluding tert-OH is 1. The molecule has 0 radical (unpaired) electrons. The van der Waals surface area contributed by atoms with E-state index < -0.39 is 11.5 Å². The number of para-hydroxylation sites is 1. The molecule has 4 aromatic carbocycles. The van der Waals surface area contributed by atoms with Gasteiger partial charge in [-0.3, -0.25) is 0 Å². The molecular weight excluding hydrogens is 559 g/mol. The van der Waals surface area contributed by atoms with Crippen LogP contribution in [0.5, 0.6) is 17.2 Å². The molecule has 0 aliphatic rings. The lowest BCUT2D eigenvalue weighted by Gasteiger charge is -2.28. The highest BCUT2D eigenvalue weighted by Gasteiger charge is 2.36. The largest absolute Gasteiger partial charge is 0.493 e. The first-order valence-corrected chi connectivity index (χ1v) is 14.7. The number of nitrogens with zero attached hydrogens (tertiary/aromatic N) is 3. The Morgan fingerprint density at radius 1 is 0.841 bits per heavy atom. The van der Waals surface area contributed by atoms with Gasteiger partial charge in [0.25, 0.3) is 0 Å². The number of nitrogens with one attached hydrogen (secondary N) is 1. The number of rotatable bonds is 14. The van der Waals surface area contributed by atoms with E-state index in [1.807, 2.05) is 74.5 Å². The summed E-state index contributed by atoms with van der Waals surface area (Å²) in [6.45, 7) is 6.99. The summed E-state index contributed by atoms with van der Waals surface area (Å²) in [4.78, 5) is 0. The molecule has 0 aliphatic heterocycles. The number of halogens is 1. The summed E-state index contributed by atoms with van der Waals surface area (Å²) >= 11 is 0. The minimum atomic E-state index is -0.909. The minimum Gasteiger partial charge on any atom is -0.493 e. The molecule has 0 spiro atoms. The van der Waals surface area contributed by atoms with Crippen LogP contribution in [-0.2, 0) is 18.4 Å². The second kappa shape index (κ2) is 14.1. The second-order valence-electron chi connectivity index (χ2n) is 11.0. The molecular formula is C35H37FN4O4. The topological polar surface area (TPSA) is 102 Å². The molecule has 1 atom stereocenters. The third-order valence-corrected chi connectivity index (χ3v) is 7.56. The maximum absolute atomic E-state index is 13.7. The van der Waals surface area contributed by atoms with Crippen molar-refractivity contribution in [2.24, 2.45) is 0 Å². The first-order valence-electron chi connectivity index (χ1n) is 14.7. The first-order chi connectivity index (χ1) is 21.4. The highest BCUT2D eigenvalue weighted by molar-refractivity contribution is 5.73. The van der Waals surface area contributed by atoms with Gasteiger partial charge in [0.05, 0.1) is 24.7 Å². The van der Waals surface area contributed by atoms with Crippen LogP contribution in [0.4, 0.5) is 4.39 Å². The Morgan fingerprint density at radius 3 is 2.25 bits per heavy atom. The Bertz CT molecular complexity index is 1630. The minimum absolute atomic E-state index is 0.286. The fourth-order valence-corrected chi connectivity index (χ4v) is 4.93. The third-order valence-electron chi connectivity index (χ3n) is 7.56. The zero-order valence-electron chi connectivity index (χ0n) is 25.2. The summed E-state index contributed by atoms with van der Waals surface area (Å²) in [5.74, 6) is 2.12. The van der Waals surface area contributed by atoms with E-state index in [1.165, 1.54) is 12.1 Å². The Balaban J connectivity index is 1.26. The van der Waals surface area contributed by atoms with Crippen LogP contribution in [0.15, 0.2) is 91.0 Å². The molecule has 0 saturated carbocycles. The van der Waals surface area contributed by atoms with E-state index in [0.29, 0.717) is 49.1 Å². The van der Waals surface area contributed by atoms with Gasteiger partial charge in [-0.25, -0.2) is 4.39 Å². The van der Waals surface area contributed by atoms with Crippen LogP contribution in [0.2, 0.25) is 0 Å². The number of ether oxygens (including phenoxy) is 3. The molecule has 0 saturated heterocycles. The molecule has 5 aromatic rings. The van der Waals surface area contributed by atoms with E-state index in [2.05, 4.69) is 33.6 Å². The second-order valence-corrected chi connectivity index (χ2v) is 11.0. The third kappa shape index (κ3) is 7.23. The molecule has 0 bridgehead atoms. The molecule has 0 amide bonds. The lowest BCUT2D eigenvalue weighted by molar-refractivity contribution is 0.0913. The lowest BCUT2D eigenvalue weighted by atomic mass is 9.81. The van der Waals surface area contributed by atoms with Crippen LogP contribution in [0.25, 0.3) is 11.1 Å². The number of hydrogen-bond acceptors (Lipinski definition) is 7. The van der Waals surface area contributed by atoms with Gasteiger partial charge >= 0.3 is 0 Å². The number of aliphatic hydroxyl groups is 1. The van der Waals surface area contributed by atoms with Crippen LogP contribution in [0.3, 0.4) is 0 Å². The van der Waals surface area contributed by atoms with E-state index in [0.717, 1.165) is 34.4 Å². The normalized spacial score (nSPS) is 12.1. The van der Waals surface area contributed by atoms with Crippen molar-refractivity contribution in [3.8, 4) is 28.4 Å². The first kappa shape index (κ1) is 30.7. The standard InChI is InChI=1S/C35H37FN4O4/c1-4-25-21-29(26-15-17-27(36)18-16-26)32(44-23-24-11-6-5-7-12-24)22-31(25)43-20-10-19-42-30-14-9-8-13-28(30)33(41)35(2,3)34-37-39-40-38-34/h5-9,11-18,21-22,33,41H,4,10,19-20,23H2,1-3H3,(H,37,38,39,40). The highest BCUT2D eigenvalue weighted by Crippen LogP contribution is 2.39. The average molecular weight is 597 g/mol. The van der Waals surface area contributed by atoms with Crippen molar-refractivity contribution < 1.29 is 23.7 Å². The Labute approximate surface area is 256 Å². The zero-order valence-corrected chi connectivity index (χ0v) is 25.2. The van der Waals surface area contributed by atoms with Crippen LogP contribution in [0, 0.1) is 5.82 Å². The number of tetrazole rings is 1. The number of aromatic amines is 1. The van der Waals surface area contributed by atoms with Gasteiger partial charge in [0.15, 0.2) is 5.82 Å². The van der Waals surface area contributed by atoms with E-state index >= 15 is 0 Å². The molecule has 44 heavy (non-hydrogen) atoms. The summed E-state index contributed by atoms with van der Waals surface area (Å²) in [7, 11) is 0. The van der Waals surface area contributed by atoms with Gasteiger partial charge in [0, 0.05) is 23.6 Å². The Hall–Kier alpha value is -4.76. The molecule has 5 rings (SSSR count). The summed E-state index contributed by atoms with van der Waals surface area (Å²) in [5.41, 5.74) is 3.68. The van der Waals surface area contributed by atoms with Crippen LogP contribution in [-0.4, -0.2) is 38.9 Å². The van der Waals surface area contributed by atoms with Crippen molar-refractivity contribution in [1.82, 2.24) is 20.6 Å². The maximum atomic E-state index is 13.7. The number of hydrogen-bond donors (Lipinski definition) is 2. The number of aromatic nitrogens is 4. The summed E-state index contributed by atoms with van der Waals surface area (Å²) in [6, 6.07) is 27.8. The number of aryl methyl sites for hydroxylation is 1. The van der Waals surface area contributed by atoms with E-state index in [4.69, 9.17) is 14.2 Å². The Kier molecular flexibility index (Phi) is 9.86. The van der Waals surface area contributed by atoms with Crippen LogP contribution in [0.1, 0.15) is 55.8 Å². The molecule has 1 aromatic heterocycles. The number of benzene rings is 4. The zero-order chi connectivity index (χ0) is 30.9. The smallest absolute Gasteiger partial charge is 0.183 e. The molecule has 1 heterocycles. The SMILES string of the molecule is CCc1cc(-c2ccc(F)cc2)c(OCc2ccccc2)cc1OCCCOc1ccccc1C(O)C(C)(C)c1nn[nH]n1. The van der Waals surface area contributed by atoms with Gasteiger partial charge in [-0.1, -0.05) is 72.8 Å². The number of H-pyrrole nitrogens is 1. The van der Waals surface area contributed by atoms with Crippen molar-refractivity contribution in [2.45, 2.75) is 51.7 Å². The van der Waals surface area contributed by atoms with Gasteiger partial charge in [-0.2, -0.15) is 5.21 Å². The van der Waals surface area contributed by atoms with Gasteiger partial charge in [0.1, 0.15) is 29.7 Å². The molecule has 0 fully saturated rings. The van der Waals surface area contributed by atoms with Crippen LogP contribution >= 0.6 is 0 Å². The van der Waals surface area contributed by atoms with Crippen molar-refractivity contribution in [2.75, 3.05) is 13.2 Å². The van der Waals surface area contributed by atoms with E-state index in [9.17, 15) is 9.50 Å². The van der Waals surface area contributed by atoms with Gasteiger partial charge < -0.3 is 19.3 Å². The van der Waals surface area contributed by atoms with E-state index in [-0.39, 0.29) is 5.82 Å². The molecule has 2 N–H and O–H groups in total. The quantitative estimate of drug-likeness (QED) is 0.133. The summed E-state index contributed by atoms with van der Waals surface area (Å²) < 4.78 is 32.3. The molecule has 9 heteroatoms. The summed E-state index contributed by atoms with van der Waals surface area (Å²) in [5, 5.41) is 25.4. The summed E-state index contributed by atoms with van der Waals surface area (Å²) in [6.07, 6.45) is 0.455.